The number of hydrogen-bond acceptors (Lipinski definition) is 3. The molecule has 0 saturated carbocycles. The first-order valence-corrected chi connectivity index (χ1v) is 8.82. The van der Waals surface area contributed by atoms with Crippen LogP contribution in [0.1, 0.15) is 15.9 Å². The summed E-state index contributed by atoms with van der Waals surface area (Å²) >= 11 is 6.05. The second kappa shape index (κ2) is 6.10. The number of amides is 1. The van der Waals surface area contributed by atoms with Crippen molar-refractivity contribution in [3.63, 3.8) is 0 Å². The molecule has 0 aliphatic heterocycles. The molecule has 2 aromatic carbocycles. The molecule has 6 heteroatoms. The summed E-state index contributed by atoms with van der Waals surface area (Å²) in [7, 11) is -1.89. The zero-order valence-corrected chi connectivity index (χ0v) is 14.1. The Kier molecular flexibility index (Phi) is 4.58. The van der Waals surface area contributed by atoms with Gasteiger partial charge in [-0.1, -0.05) is 29.8 Å². The summed E-state index contributed by atoms with van der Waals surface area (Å²) in [6.07, 6.45) is 1.12. The summed E-state index contributed by atoms with van der Waals surface area (Å²) in [6, 6.07) is 11.4. The fourth-order valence-electron chi connectivity index (χ4n) is 2.08. The number of sulfone groups is 1. The van der Waals surface area contributed by atoms with Crippen LogP contribution in [0.4, 0.5) is 5.69 Å². The summed E-state index contributed by atoms with van der Waals surface area (Å²) in [6.45, 7) is 1.85. The van der Waals surface area contributed by atoms with Crippen molar-refractivity contribution >= 4 is 33.0 Å². The van der Waals surface area contributed by atoms with Crippen molar-refractivity contribution in [1.82, 2.24) is 0 Å². The van der Waals surface area contributed by atoms with E-state index in [4.69, 9.17) is 11.6 Å². The van der Waals surface area contributed by atoms with Crippen LogP contribution in [-0.4, -0.2) is 27.6 Å². The minimum atomic E-state index is -3.43. The van der Waals surface area contributed by atoms with Crippen LogP contribution in [0.25, 0.3) is 0 Å². The van der Waals surface area contributed by atoms with Crippen LogP contribution < -0.4 is 4.90 Å². The van der Waals surface area contributed by atoms with Crippen LogP contribution in [0, 0.1) is 6.92 Å². The zero-order chi connectivity index (χ0) is 16.5. The van der Waals surface area contributed by atoms with Crippen LogP contribution in [-0.2, 0) is 9.84 Å². The van der Waals surface area contributed by atoms with Crippen molar-refractivity contribution in [1.29, 1.82) is 0 Å². The van der Waals surface area contributed by atoms with E-state index < -0.39 is 9.84 Å². The second-order valence-electron chi connectivity index (χ2n) is 5.07. The Labute approximate surface area is 135 Å². The molecule has 22 heavy (non-hydrogen) atoms. The number of halogens is 1. The number of carbonyl (C=O) groups is 1. The van der Waals surface area contributed by atoms with Gasteiger partial charge in [-0.2, -0.15) is 0 Å². The molecule has 0 fully saturated rings. The van der Waals surface area contributed by atoms with E-state index in [0.29, 0.717) is 16.3 Å². The molecule has 0 bridgehead atoms. The van der Waals surface area contributed by atoms with Crippen LogP contribution >= 0.6 is 11.6 Å². The van der Waals surface area contributed by atoms with Gasteiger partial charge in [0.05, 0.1) is 10.6 Å². The van der Waals surface area contributed by atoms with Crippen molar-refractivity contribution in [2.24, 2.45) is 0 Å². The first kappa shape index (κ1) is 16.5. The highest BCUT2D eigenvalue weighted by Gasteiger charge is 2.21. The van der Waals surface area contributed by atoms with E-state index in [0.717, 1.165) is 11.8 Å². The summed E-state index contributed by atoms with van der Waals surface area (Å²) in [5.74, 6) is -0.321. The predicted octanol–water partition coefficient (Wildman–Crippen LogP) is 3.33. The standard InChI is InChI=1S/C16H16ClNO3S/c1-11-8-9-12(10-13(11)17)16(19)18(2)14-6-4-5-7-15(14)22(3,20)21/h4-10H,1-3H3. The molecular weight excluding hydrogens is 322 g/mol. The van der Waals surface area contributed by atoms with Gasteiger partial charge in [-0.05, 0) is 36.8 Å². The number of carbonyl (C=O) groups excluding carboxylic acids is 1. The van der Waals surface area contributed by atoms with Gasteiger partial charge in [-0.25, -0.2) is 8.42 Å². The maximum absolute atomic E-state index is 12.6. The van der Waals surface area contributed by atoms with Crippen LogP contribution in [0.5, 0.6) is 0 Å². The fraction of sp³-hybridized carbons (Fsp3) is 0.188. The van der Waals surface area contributed by atoms with Gasteiger partial charge in [0.25, 0.3) is 5.91 Å². The Balaban J connectivity index is 2.46. The first-order chi connectivity index (χ1) is 10.2. The van der Waals surface area contributed by atoms with E-state index in [2.05, 4.69) is 0 Å². The number of hydrogen-bond donors (Lipinski definition) is 0. The molecule has 0 N–H and O–H groups in total. The molecule has 116 valence electrons. The monoisotopic (exact) mass is 337 g/mol. The van der Waals surface area contributed by atoms with Crippen LogP contribution in [0.15, 0.2) is 47.4 Å². The fourth-order valence-corrected chi connectivity index (χ4v) is 3.17. The third-order valence-electron chi connectivity index (χ3n) is 3.35. The van der Waals surface area contributed by atoms with Gasteiger partial charge < -0.3 is 4.90 Å². The number of aryl methyl sites for hydroxylation is 1. The number of benzene rings is 2. The average Bonchev–Trinajstić information content (AvgIpc) is 2.47. The lowest BCUT2D eigenvalue weighted by molar-refractivity contribution is 0.0992. The SMILES string of the molecule is Cc1ccc(C(=O)N(C)c2ccccc2S(C)(=O)=O)cc1Cl. The maximum atomic E-state index is 12.6. The van der Waals surface area contributed by atoms with Gasteiger partial charge in [0.2, 0.25) is 0 Å². The molecule has 0 saturated heterocycles. The molecule has 4 nitrogen and oxygen atoms in total. The summed E-state index contributed by atoms with van der Waals surface area (Å²) in [5, 5.41) is 0.496. The highest BCUT2D eigenvalue weighted by molar-refractivity contribution is 7.90. The van der Waals surface area contributed by atoms with Crippen LogP contribution in [0.3, 0.4) is 0 Å². The van der Waals surface area contributed by atoms with E-state index in [-0.39, 0.29) is 10.8 Å². The number of rotatable bonds is 3. The molecule has 1 amide bonds. The Morgan fingerprint density at radius 1 is 1.14 bits per heavy atom. The van der Waals surface area contributed by atoms with Crippen molar-refractivity contribution in [3.8, 4) is 0 Å². The largest absolute Gasteiger partial charge is 0.310 e. The molecule has 0 atom stereocenters. The van der Waals surface area contributed by atoms with Crippen molar-refractivity contribution < 1.29 is 13.2 Å². The lowest BCUT2D eigenvalue weighted by Crippen LogP contribution is -2.27. The summed E-state index contributed by atoms with van der Waals surface area (Å²) < 4.78 is 23.7. The molecule has 0 aliphatic rings. The molecule has 0 spiro atoms. The zero-order valence-electron chi connectivity index (χ0n) is 12.5. The van der Waals surface area contributed by atoms with Gasteiger partial charge in [-0.15, -0.1) is 0 Å². The van der Waals surface area contributed by atoms with Gasteiger partial charge in [0, 0.05) is 23.9 Å². The molecule has 0 unspecified atom stereocenters. The van der Waals surface area contributed by atoms with Crippen molar-refractivity contribution in [3.05, 3.63) is 58.6 Å². The van der Waals surface area contributed by atoms with Gasteiger partial charge >= 0.3 is 0 Å². The Morgan fingerprint density at radius 2 is 1.77 bits per heavy atom. The smallest absolute Gasteiger partial charge is 0.258 e. The lowest BCUT2D eigenvalue weighted by atomic mass is 10.1. The van der Waals surface area contributed by atoms with Gasteiger partial charge in [0.1, 0.15) is 0 Å². The predicted molar refractivity (Wildman–Crippen MR) is 88.5 cm³/mol. The van der Waals surface area contributed by atoms with Gasteiger partial charge in [-0.3, -0.25) is 4.79 Å². The molecule has 2 rings (SSSR count). The lowest BCUT2D eigenvalue weighted by Gasteiger charge is -2.20. The number of nitrogens with zero attached hydrogens (tertiary/aromatic N) is 1. The van der Waals surface area contributed by atoms with Crippen molar-refractivity contribution in [2.75, 3.05) is 18.2 Å². The van der Waals surface area contributed by atoms with E-state index in [1.54, 1.807) is 43.4 Å². The van der Waals surface area contributed by atoms with E-state index in [9.17, 15) is 13.2 Å². The summed E-state index contributed by atoms with van der Waals surface area (Å²) in [5.41, 5.74) is 1.62. The summed E-state index contributed by atoms with van der Waals surface area (Å²) in [4.78, 5) is 14.0. The van der Waals surface area contributed by atoms with Crippen LogP contribution in [0.2, 0.25) is 5.02 Å². The maximum Gasteiger partial charge on any atom is 0.258 e. The highest BCUT2D eigenvalue weighted by atomic mass is 35.5. The minimum Gasteiger partial charge on any atom is -0.310 e. The first-order valence-electron chi connectivity index (χ1n) is 6.55. The highest BCUT2D eigenvalue weighted by Crippen LogP contribution is 2.26. The third kappa shape index (κ3) is 3.31. The molecule has 0 heterocycles. The number of anilines is 1. The van der Waals surface area contributed by atoms with Gasteiger partial charge in [0.15, 0.2) is 9.84 Å². The van der Waals surface area contributed by atoms with E-state index >= 15 is 0 Å². The Hall–Kier alpha value is -1.85. The Morgan fingerprint density at radius 3 is 2.36 bits per heavy atom. The van der Waals surface area contributed by atoms with E-state index in [1.807, 2.05) is 6.92 Å². The number of para-hydroxylation sites is 1. The topological polar surface area (TPSA) is 54.5 Å². The quantitative estimate of drug-likeness (QED) is 0.863. The van der Waals surface area contributed by atoms with E-state index in [1.165, 1.54) is 11.0 Å². The van der Waals surface area contributed by atoms with Crippen molar-refractivity contribution in [2.45, 2.75) is 11.8 Å². The minimum absolute atomic E-state index is 0.115. The molecule has 0 radical (unpaired) electrons. The second-order valence-corrected chi connectivity index (χ2v) is 7.46. The normalized spacial score (nSPS) is 11.3. The molecular formula is C16H16ClNO3S. The Bertz CT molecular complexity index is 831. The molecule has 0 aromatic heterocycles. The molecule has 2 aromatic rings. The molecule has 0 aliphatic carbocycles. The average molecular weight is 338 g/mol. The third-order valence-corrected chi connectivity index (χ3v) is 4.90.